The van der Waals surface area contributed by atoms with Crippen LogP contribution in [0, 0.1) is 5.92 Å². The SMILES string of the molecule is C=CCC(N)C(=O)N1CCC(C(=O)O)CC1C. The van der Waals surface area contributed by atoms with Gasteiger partial charge in [0, 0.05) is 12.6 Å². The molecule has 3 N–H and O–H groups in total. The van der Waals surface area contributed by atoms with Crippen LogP contribution in [0.1, 0.15) is 26.2 Å². The highest BCUT2D eigenvalue weighted by Crippen LogP contribution is 2.23. The third kappa shape index (κ3) is 3.30. The summed E-state index contributed by atoms with van der Waals surface area (Å²) < 4.78 is 0. The summed E-state index contributed by atoms with van der Waals surface area (Å²) in [6.45, 7) is 5.90. The first-order chi connectivity index (χ1) is 7.97. The van der Waals surface area contributed by atoms with Gasteiger partial charge in [-0.3, -0.25) is 9.59 Å². The van der Waals surface area contributed by atoms with Crippen LogP contribution in [0.3, 0.4) is 0 Å². The van der Waals surface area contributed by atoms with Crippen molar-refractivity contribution in [3.8, 4) is 0 Å². The number of likely N-dealkylation sites (tertiary alicyclic amines) is 1. The zero-order chi connectivity index (χ0) is 13.0. The molecule has 1 rings (SSSR count). The fourth-order valence-electron chi connectivity index (χ4n) is 2.22. The molecule has 17 heavy (non-hydrogen) atoms. The third-order valence-electron chi connectivity index (χ3n) is 3.25. The van der Waals surface area contributed by atoms with E-state index in [1.165, 1.54) is 0 Å². The summed E-state index contributed by atoms with van der Waals surface area (Å²) in [7, 11) is 0. The van der Waals surface area contributed by atoms with Gasteiger partial charge in [-0.15, -0.1) is 6.58 Å². The van der Waals surface area contributed by atoms with Crippen molar-refractivity contribution in [3.05, 3.63) is 12.7 Å². The van der Waals surface area contributed by atoms with Crippen LogP contribution >= 0.6 is 0 Å². The molecule has 1 aliphatic heterocycles. The number of amides is 1. The fraction of sp³-hybridized carbons (Fsp3) is 0.667. The first kappa shape index (κ1) is 13.7. The molecule has 0 aromatic rings. The summed E-state index contributed by atoms with van der Waals surface area (Å²) in [5, 5.41) is 8.93. The summed E-state index contributed by atoms with van der Waals surface area (Å²) in [6, 6.07) is -0.621. The van der Waals surface area contributed by atoms with E-state index in [0.717, 1.165) is 0 Å². The number of carbonyl (C=O) groups is 2. The van der Waals surface area contributed by atoms with Crippen molar-refractivity contribution in [3.63, 3.8) is 0 Å². The molecule has 0 spiro atoms. The summed E-state index contributed by atoms with van der Waals surface area (Å²) in [6.07, 6.45) is 3.08. The van der Waals surface area contributed by atoms with E-state index in [0.29, 0.717) is 25.8 Å². The van der Waals surface area contributed by atoms with Crippen molar-refractivity contribution in [2.24, 2.45) is 11.7 Å². The molecule has 0 saturated carbocycles. The molecule has 1 heterocycles. The lowest BCUT2D eigenvalue weighted by atomic mass is 9.91. The quantitative estimate of drug-likeness (QED) is 0.705. The van der Waals surface area contributed by atoms with Gasteiger partial charge < -0.3 is 15.7 Å². The first-order valence-corrected chi connectivity index (χ1v) is 5.87. The van der Waals surface area contributed by atoms with Gasteiger partial charge in [0.05, 0.1) is 12.0 Å². The number of carboxylic acid groups (broad SMARTS) is 1. The fourth-order valence-corrected chi connectivity index (χ4v) is 2.22. The molecule has 1 saturated heterocycles. The minimum absolute atomic E-state index is 0.0618. The summed E-state index contributed by atoms with van der Waals surface area (Å²) in [5.74, 6) is -1.23. The number of nitrogens with zero attached hydrogens (tertiary/aromatic N) is 1. The highest BCUT2D eigenvalue weighted by atomic mass is 16.4. The largest absolute Gasteiger partial charge is 0.481 e. The topological polar surface area (TPSA) is 83.6 Å². The molecule has 0 bridgehead atoms. The summed E-state index contributed by atoms with van der Waals surface area (Å²) in [4.78, 5) is 24.5. The molecule has 5 nitrogen and oxygen atoms in total. The second-order valence-corrected chi connectivity index (χ2v) is 4.57. The average Bonchev–Trinajstić information content (AvgIpc) is 2.28. The number of piperidine rings is 1. The molecule has 1 fully saturated rings. The van der Waals surface area contributed by atoms with Crippen molar-refractivity contribution in [1.82, 2.24) is 4.90 Å². The van der Waals surface area contributed by atoms with Gasteiger partial charge in [-0.2, -0.15) is 0 Å². The minimum Gasteiger partial charge on any atom is -0.481 e. The molecule has 0 aromatic carbocycles. The van der Waals surface area contributed by atoms with E-state index in [1.54, 1.807) is 11.0 Å². The standard InChI is InChI=1S/C12H20N2O3/c1-3-4-10(13)11(15)14-6-5-9(12(16)17)7-8(14)2/h3,8-10H,1,4-7,13H2,2H3,(H,16,17). The molecule has 0 aromatic heterocycles. The number of hydrogen-bond donors (Lipinski definition) is 2. The van der Waals surface area contributed by atoms with Crippen molar-refractivity contribution < 1.29 is 14.7 Å². The van der Waals surface area contributed by atoms with Crippen LogP contribution in [-0.2, 0) is 9.59 Å². The molecule has 3 unspecified atom stereocenters. The Kier molecular flexibility index (Phi) is 4.69. The number of carbonyl (C=O) groups excluding carboxylic acids is 1. The normalized spacial score (nSPS) is 26.4. The Bertz CT molecular complexity index is 317. The zero-order valence-electron chi connectivity index (χ0n) is 10.1. The van der Waals surface area contributed by atoms with E-state index in [4.69, 9.17) is 10.8 Å². The lowest BCUT2D eigenvalue weighted by Gasteiger charge is -2.37. The summed E-state index contributed by atoms with van der Waals surface area (Å²) in [5.41, 5.74) is 5.74. The molecule has 1 amide bonds. The van der Waals surface area contributed by atoms with Crippen LogP contribution < -0.4 is 5.73 Å². The van der Waals surface area contributed by atoms with E-state index in [1.807, 2.05) is 6.92 Å². The maximum atomic E-state index is 12.0. The van der Waals surface area contributed by atoms with Crippen LogP contribution in [0.5, 0.6) is 0 Å². The maximum Gasteiger partial charge on any atom is 0.306 e. The Morgan fingerprint density at radius 1 is 1.65 bits per heavy atom. The second-order valence-electron chi connectivity index (χ2n) is 4.57. The number of carboxylic acids is 1. The molecular formula is C12H20N2O3. The monoisotopic (exact) mass is 240 g/mol. The summed E-state index contributed by atoms with van der Waals surface area (Å²) >= 11 is 0. The second kappa shape index (κ2) is 5.82. The smallest absolute Gasteiger partial charge is 0.306 e. The van der Waals surface area contributed by atoms with E-state index in [2.05, 4.69) is 6.58 Å². The number of nitrogens with two attached hydrogens (primary N) is 1. The molecule has 0 radical (unpaired) electrons. The Hall–Kier alpha value is -1.36. The van der Waals surface area contributed by atoms with Crippen LogP contribution in [-0.4, -0.2) is 40.5 Å². The maximum absolute atomic E-state index is 12.0. The molecule has 0 aliphatic carbocycles. The lowest BCUT2D eigenvalue weighted by molar-refractivity contribution is -0.147. The third-order valence-corrected chi connectivity index (χ3v) is 3.25. The Balaban J connectivity index is 2.60. The van der Waals surface area contributed by atoms with Gasteiger partial charge in [0.25, 0.3) is 0 Å². The molecule has 1 aliphatic rings. The van der Waals surface area contributed by atoms with Crippen LogP contribution in [0.25, 0.3) is 0 Å². The highest BCUT2D eigenvalue weighted by Gasteiger charge is 2.33. The lowest BCUT2D eigenvalue weighted by Crippen LogP contribution is -2.51. The van der Waals surface area contributed by atoms with Gasteiger partial charge in [-0.1, -0.05) is 6.08 Å². The first-order valence-electron chi connectivity index (χ1n) is 5.87. The molecule has 3 atom stereocenters. The number of rotatable bonds is 4. The van der Waals surface area contributed by atoms with Gasteiger partial charge in [0.15, 0.2) is 0 Å². The van der Waals surface area contributed by atoms with E-state index < -0.39 is 12.0 Å². The minimum atomic E-state index is -0.778. The molecule has 96 valence electrons. The average molecular weight is 240 g/mol. The molecule has 5 heteroatoms. The van der Waals surface area contributed by atoms with Crippen LogP contribution in [0.2, 0.25) is 0 Å². The Morgan fingerprint density at radius 2 is 2.29 bits per heavy atom. The highest BCUT2D eigenvalue weighted by molar-refractivity contribution is 5.82. The van der Waals surface area contributed by atoms with Crippen molar-refractivity contribution in [1.29, 1.82) is 0 Å². The van der Waals surface area contributed by atoms with Crippen molar-refractivity contribution >= 4 is 11.9 Å². The zero-order valence-corrected chi connectivity index (χ0v) is 10.1. The van der Waals surface area contributed by atoms with Crippen LogP contribution in [0.15, 0.2) is 12.7 Å². The predicted molar refractivity (Wildman–Crippen MR) is 64.3 cm³/mol. The van der Waals surface area contributed by atoms with Gasteiger partial charge >= 0.3 is 5.97 Å². The van der Waals surface area contributed by atoms with Gasteiger partial charge in [-0.05, 0) is 26.2 Å². The Labute approximate surface area is 101 Å². The van der Waals surface area contributed by atoms with E-state index in [9.17, 15) is 9.59 Å². The van der Waals surface area contributed by atoms with Crippen LogP contribution in [0.4, 0.5) is 0 Å². The van der Waals surface area contributed by atoms with Gasteiger partial charge in [-0.25, -0.2) is 0 Å². The number of aliphatic carboxylic acids is 1. The van der Waals surface area contributed by atoms with Crippen molar-refractivity contribution in [2.75, 3.05) is 6.54 Å². The van der Waals surface area contributed by atoms with Gasteiger partial charge in [0.1, 0.15) is 0 Å². The van der Waals surface area contributed by atoms with E-state index in [-0.39, 0.29) is 17.9 Å². The van der Waals surface area contributed by atoms with Gasteiger partial charge in [0.2, 0.25) is 5.91 Å². The Morgan fingerprint density at radius 3 is 2.76 bits per heavy atom. The number of hydrogen-bond acceptors (Lipinski definition) is 3. The molecular weight excluding hydrogens is 220 g/mol. The van der Waals surface area contributed by atoms with Crippen molar-refractivity contribution in [2.45, 2.75) is 38.3 Å². The predicted octanol–water partition coefficient (Wildman–Crippen LogP) is 0.602. The van der Waals surface area contributed by atoms with E-state index >= 15 is 0 Å².